The fourth-order valence-corrected chi connectivity index (χ4v) is 12.8. The Morgan fingerprint density at radius 1 is 0.282 bits per heavy atom. The summed E-state index contributed by atoms with van der Waals surface area (Å²) in [6, 6.07) is 94.8. The van der Waals surface area contributed by atoms with Gasteiger partial charge in [0.2, 0.25) is 0 Å². The van der Waals surface area contributed by atoms with Crippen LogP contribution in [-0.2, 0) is 6.42 Å². The molecular weight excluding hydrogens is 941 g/mol. The number of hydrogen-bond donors (Lipinski definition) is 0. The number of fused-ring (bicyclic) bond motifs is 8. The largest absolute Gasteiger partial charge is 0.313 e. The van der Waals surface area contributed by atoms with Gasteiger partial charge in [-0.3, -0.25) is 0 Å². The quantitative estimate of drug-likeness (QED) is 0.134. The number of nitrogens with zero attached hydrogens (tertiary/aromatic N) is 2. The van der Waals surface area contributed by atoms with Crippen molar-refractivity contribution in [2.24, 2.45) is 0 Å². The van der Waals surface area contributed by atoms with Gasteiger partial charge in [-0.25, -0.2) is 0 Å². The molecule has 2 aromatic heterocycles. The summed E-state index contributed by atoms with van der Waals surface area (Å²) in [6.07, 6.45) is 6.77. The average Bonchev–Trinajstić information content (AvgIpc) is 4.10. The van der Waals surface area contributed by atoms with Crippen molar-refractivity contribution in [3.05, 3.63) is 283 Å². The average molecular weight is 995 g/mol. The highest BCUT2D eigenvalue weighted by atomic mass is 15.0. The van der Waals surface area contributed by atoms with Gasteiger partial charge in [0.15, 0.2) is 0 Å². The van der Waals surface area contributed by atoms with Crippen LogP contribution in [0.4, 0.5) is 0 Å². The van der Waals surface area contributed by atoms with E-state index in [1.807, 2.05) is 0 Å². The molecule has 0 N–H and O–H groups in total. The fourth-order valence-electron chi connectivity index (χ4n) is 12.8. The van der Waals surface area contributed by atoms with E-state index in [2.05, 4.69) is 290 Å². The van der Waals surface area contributed by atoms with Crippen molar-refractivity contribution in [3.63, 3.8) is 0 Å². The lowest BCUT2D eigenvalue weighted by Gasteiger charge is -2.18. The molecule has 0 saturated carbocycles. The molecular formula is C76H54N2. The SMILES string of the molecule is Cc1cccc(-n2c3c(c4cc(-c5ccc(-c6ccc(-c7c8ccccc8c(-c8ccc(-c9ccc(-c%10ccc%11c(c%10)c%10ccccc%10n%11-c%10cccc(C)c%10)cc9)cc8)c8ccccc78)cc6)cc5)ccc42)C=CCC3)c1. The first-order valence-electron chi connectivity index (χ1n) is 27.4. The minimum absolute atomic E-state index is 1.05. The zero-order chi connectivity index (χ0) is 51.8. The van der Waals surface area contributed by atoms with E-state index in [0.717, 1.165) is 12.8 Å². The predicted molar refractivity (Wildman–Crippen MR) is 332 cm³/mol. The summed E-state index contributed by atoms with van der Waals surface area (Å²) in [7, 11) is 0. The first kappa shape index (κ1) is 45.6. The lowest BCUT2D eigenvalue weighted by atomic mass is 9.85. The number of hydrogen-bond acceptors (Lipinski definition) is 0. The maximum Gasteiger partial charge on any atom is 0.0541 e. The van der Waals surface area contributed by atoms with Crippen LogP contribution in [0.25, 0.3) is 138 Å². The molecule has 0 spiro atoms. The van der Waals surface area contributed by atoms with Crippen LogP contribution in [0.15, 0.2) is 261 Å². The Bertz CT molecular complexity index is 4640. The van der Waals surface area contributed by atoms with Gasteiger partial charge in [0, 0.05) is 38.8 Å². The smallest absolute Gasteiger partial charge is 0.0541 e. The monoisotopic (exact) mass is 994 g/mol. The van der Waals surface area contributed by atoms with Crippen LogP contribution < -0.4 is 0 Å². The summed E-state index contributed by atoms with van der Waals surface area (Å²) in [5.74, 6) is 0. The summed E-state index contributed by atoms with van der Waals surface area (Å²) >= 11 is 0. The zero-order valence-corrected chi connectivity index (χ0v) is 43.7. The van der Waals surface area contributed by atoms with Gasteiger partial charge < -0.3 is 9.13 Å². The lowest BCUT2D eigenvalue weighted by Crippen LogP contribution is -2.03. The molecule has 2 heteroatoms. The fraction of sp³-hybridized carbons (Fsp3) is 0.0526. The second-order valence-corrected chi connectivity index (χ2v) is 21.3. The third-order valence-corrected chi connectivity index (χ3v) is 16.5. The van der Waals surface area contributed by atoms with Gasteiger partial charge in [0.1, 0.15) is 0 Å². The molecule has 0 bridgehead atoms. The molecule has 2 nitrogen and oxygen atoms in total. The van der Waals surface area contributed by atoms with E-state index in [4.69, 9.17) is 0 Å². The third-order valence-electron chi connectivity index (χ3n) is 16.5. The summed E-state index contributed by atoms with van der Waals surface area (Å²) in [6.45, 7) is 4.33. The van der Waals surface area contributed by atoms with Crippen molar-refractivity contribution in [1.82, 2.24) is 9.13 Å². The lowest BCUT2D eigenvalue weighted by molar-refractivity contribution is 0.888. The Labute approximate surface area is 455 Å². The van der Waals surface area contributed by atoms with Crippen LogP contribution in [0.2, 0.25) is 0 Å². The highest BCUT2D eigenvalue weighted by molar-refractivity contribution is 6.21. The molecule has 1 aliphatic rings. The third kappa shape index (κ3) is 7.63. The maximum atomic E-state index is 2.48. The summed E-state index contributed by atoms with van der Waals surface area (Å²) in [5.41, 5.74) is 26.1. The van der Waals surface area contributed by atoms with E-state index in [0.29, 0.717) is 0 Å². The van der Waals surface area contributed by atoms with Crippen LogP contribution >= 0.6 is 0 Å². The van der Waals surface area contributed by atoms with E-state index >= 15 is 0 Å². The Morgan fingerprint density at radius 3 is 1.13 bits per heavy atom. The zero-order valence-electron chi connectivity index (χ0n) is 43.7. The Balaban J connectivity index is 0.712. The van der Waals surface area contributed by atoms with Crippen LogP contribution in [-0.4, -0.2) is 9.13 Å². The van der Waals surface area contributed by atoms with Gasteiger partial charge in [-0.2, -0.15) is 0 Å². The van der Waals surface area contributed by atoms with Crippen LogP contribution in [0.5, 0.6) is 0 Å². The molecule has 15 rings (SSSR count). The van der Waals surface area contributed by atoms with Gasteiger partial charge in [0.25, 0.3) is 0 Å². The van der Waals surface area contributed by atoms with E-state index < -0.39 is 0 Å². The predicted octanol–water partition coefficient (Wildman–Crippen LogP) is 20.6. The van der Waals surface area contributed by atoms with Crippen molar-refractivity contribution >= 4 is 60.3 Å². The van der Waals surface area contributed by atoms with E-state index in [1.165, 1.54) is 155 Å². The molecule has 0 saturated heterocycles. The van der Waals surface area contributed by atoms with E-state index in [9.17, 15) is 0 Å². The Hall–Kier alpha value is -9.76. The molecule has 0 radical (unpaired) electrons. The van der Waals surface area contributed by atoms with Crippen LogP contribution in [0.1, 0.15) is 28.8 Å². The van der Waals surface area contributed by atoms with E-state index in [1.54, 1.807) is 0 Å². The normalized spacial score (nSPS) is 12.3. The number of aryl methyl sites for hydroxylation is 2. The summed E-state index contributed by atoms with van der Waals surface area (Å²) in [5, 5.41) is 8.86. The molecule has 12 aromatic carbocycles. The first-order chi connectivity index (χ1) is 38.5. The molecule has 14 aromatic rings. The number of rotatable bonds is 8. The van der Waals surface area contributed by atoms with Gasteiger partial charge >= 0.3 is 0 Å². The van der Waals surface area contributed by atoms with Crippen molar-refractivity contribution in [1.29, 1.82) is 0 Å². The molecule has 0 atom stereocenters. The summed E-state index contributed by atoms with van der Waals surface area (Å²) < 4.78 is 4.87. The van der Waals surface area contributed by atoms with Gasteiger partial charge in [-0.15, -0.1) is 0 Å². The van der Waals surface area contributed by atoms with Crippen molar-refractivity contribution < 1.29 is 0 Å². The first-order valence-corrected chi connectivity index (χ1v) is 27.4. The van der Waals surface area contributed by atoms with Crippen molar-refractivity contribution in [3.8, 4) is 78.1 Å². The van der Waals surface area contributed by atoms with Gasteiger partial charge in [-0.1, -0.05) is 212 Å². The Kier molecular flexibility index (Phi) is 10.8. The van der Waals surface area contributed by atoms with Crippen LogP contribution in [0.3, 0.4) is 0 Å². The second kappa shape index (κ2) is 18.5. The van der Waals surface area contributed by atoms with Crippen molar-refractivity contribution in [2.75, 3.05) is 0 Å². The highest BCUT2D eigenvalue weighted by Gasteiger charge is 2.21. The Morgan fingerprint density at radius 2 is 0.654 bits per heavy atom. The molecule has 0 amide bonds. The molecule has 1 aliphatic carbocycles. The van der Waals surface area contributed by atoms with E-state index in [-0.39, 0.29) is 0 Å². The topological polar surface area (TPSA) is 9.86 Å². The summed E-state index contributed by atoms with van der Waals surface area (Å²) in [4.78, 5) is 0. The minimum Gasteiger partial charge on any atom is -0.313 e. The second-order valence-electron chi connectivity index (χ2n) is 21.3. The van der Waals surface area contributed by atoms with Crippen molar-refractivity contribution in [2.45, 2.75) is 26.7 Å². The minimum atomic E-state index is 1.05. The van der Waals surface area contributed by atoms with Crippen LogP contribution in [0, 0.1) is 13.8 Å². The molecule has 0 unspecified atom stereocenters. The van der Waals surface area contributed by atoms with Gasteiger partial charge in [-0.05, 0) is 181 Å². The molecule has 0 aliphatic heterocycles. The standard InChI is InChI=1S/C76H54N2/c1-49-13-11-15-61(45-49)77-71-23-9-7-17-63(71)69-47-59(41-43-73(69)77)55-29-25-51(26-30-55)53-33-37-57(38-34-53)75-65-19-3-5-21-67(65)76(68-22-6-4-20-66(68)75)58-39-35-54(36-40-58)52-27-31-56(32-28-52)60-42-44-74-70(48-60)64-18-8-10-24-72(64)78(74)62-16-12-14-50(2)46-62/h3-9,11-23,25-48H,10,24H2,1-2H3. The number of allylic oxidation sites excluding steroid dienone is 1. The molecule has 2 heterocycles. The number of benzene rings is 12. The molecule has 368 valence electrons. The molecule has 0 fully saturated rings. The number of para-hydroxylation sites is 1. The molecule has 78 heavy (non-hydrogen) atoms. The maximum absolute atomic E-state index is 2.48. The number of aromatic nitrogens is 2. The van der Waals surface area contributed by atoms with Gasteiger partial charge in [0.05, 0.1) is 16.6 Å². The highest BCUT2D eigenvalue weighted by Crippen LogP contribution is 2.45.